The van der Waals surface area contributed by atoms with Gasteiger partial charge in [0, 0.05) is 24.9 Å². The molecule has 0 radical (unpaired) electrons. The highest BCUT2D eigenvalue weighted by molar-refractivity contribution is 5.85. The van der Waals surface area contributed by atoms with Crippen molar-refractivity contribution in [2.24, 2.45) is 5.92 Å². The van der Waals surface area contributed by atoms with Crippen LogP contribution in [0.3, 0.4) is 0 Å². The fourth-order valence-corrected chi connectivity index (χ4v) is 2.63. The van der Waals surface area contributed by atoms with Crippen LogP contribution >= 0.6 is 0 Å². The highest BCUT2D eigenvalue weighted by Gasteiger charge is 2.16. The van der Waals surface area contributed by atoms with Crippen molar-refractivity contribution in [3.8, 4) is 0 Å². The molecule has 2 rings (SSSR count). The minimum absolute atomic E-state index is 0.751. The van der Waals surface area contributed by atoms with Gasteiger partial charge >= 0.3 is 5.97 Å². The smallest absolute Gasteiger partial charge is 0.328 e. The largest absolute Gasteiger partial charge is 0.478 e. The lowest BCUT2D eigenvalue weighted by Crippen LogP contribution is -2.34. The molecule has 1 unspecified atom stereocenters. The molecule has 0 aromatic heterocycles. The molecule has 19 heavy (non-hydrogen) atoms. The maximum absolute atomic E-state index is 10.5. The maximum Gasteiger partial charge on any atom is 0.328 e. The Balaban J connectivity index is 2.16. The number of aryl methyl sites for hydroxylation is 1. The van der Waals surface area contributed by atoms with Gasteiger partial charge in [0.2, 0.25) is 0 Å². The summed E-state index contributed by atoms with van der Waals surface area (Å²) in [5.41, 5.74) is 3.33. The van der Waals surface area contributed by atoms with Crippen LogP contribution in [-0.4, -0.2) is 24.2 Å². The average Bonchev–Trinajstić information content (AvgIpc) is 2.37. The number of hydrogen-bond donors (Lipinski definition) is 1. The Morgan fingerprint density at radius 1 is 1.47 bits per heavy atom. The van der Waals surface area contributed by atoms with Gasteiger partial charge < -0.3 is 10.0 Å². The van der Waals surface area contributed by atoms with Gasteiger partial charge in [-0.05, 0) is 55.0 Å². The lowest BCUT2D eigenvalue weighted by Gasteiger charge is -2.33. The molecule has 0 amide bonds. The Morgan fingerprint density at radius 2 is 2.26 bits per heavy atom. The molecule has 1 aromatic rings. The van der Waals surface area contributed by atoms with Crippen molar-refractivity contribution >= 4 is 17.7 Å². The topological polar surface area (TPSA) is 40.5 Å². The Labute approximate surface area is 114 Å². The van der Waals surface area contributed by atoms with Gasteiger partial charge in [-0.2, -0.15) is 0 Å². The van der Waals surface area contributed by atoms with E-state index >= 15 is 0 Å². The van der Waals surface area contributed by atoms with Crippen molar-refractivity contribution in [1.82, 2.24) is 0 Å². The standard InChI is InChI=1S/C16H21NO2/c1-12-4-3-9-17(11-12)15-7-5-14(13(2)10-15)6-8-16(18)19/h5-8,10,12H,3-4,9,11H2,1-2H3,(H,18,19). The number of carboxylic acid groups (broad SMARTS) is 1. The highest BCUT2D eigenvalue weighted by Crippen LogP contribution is 2.25. The summed E-state index contributed by atoms with van der Waals surface area (Å²) in [6, 6.07) is 6.25. The van der Waals surface area contributed by atoms with Crippen LogP contribution in [0.25, 0.3) is 6.08 Å². The molecule has 0 bridgehead atoms. The van der Waals surface area contributed by atoms with Crippen LogP contribution in [0.4, 0.5) is 5.69 Å². The monoisotopic (exact) mass is 259 g/mol. The SMILES string of the molecule is Cc1cc(N2CCCC(C)C2)ccc1C=CC(=O)O. The lowest BCUT2D eigenvalue weighted by molar-refractivity contribution is -0.131. The van der Waals surface area contributed by atoms with Crippen molar-refractivity contribution in [2.45, 2.75) is 26.7 Å². The first-order valence-corrected chi connectivity index (χ1v) is 6.83. The van der Waals surface area contributed by atoms with E-state index in [1.165, 1.54) is 24.6 Å². The summed E-state index contributed by atoms with van der Waals surface area (Å²) in [4.78, 5) is 13.0. The number of rotatable bonds is 3. The van der Waals surface area contributed by atoms with Gasteiger partial charge in [-0.3, -0.25) is 0 Å². The normalized spacial score (nSPS) is 19.9. The third-order valence-electron chi connectivity index (χ3n) is 3.68. The van der Waals surface area contributed by atoms with Crippen molar-refractivity contribution in [1.29, 1.82) is 0 Å². The van der Waals surface area contributed by atoms with Crippen LogP contribution in [0, 0.1) is 12.8 Å². The molecule has 1 atom stereocenters. The molecular weight excluding hydrogens is 238 g/mol. The van der Waals surface area contributed by atoms with Crippen LogP contribution in [-0.2, 0) is 4.79 Å². The molecule has 1 N–H and O–H groups in total. The molecule has 1 heterocycles. The number of anilines is 1. The second-order valence-corrected chi connectivity index (χ2v) is 5.41. The van der Waals surface area contributed by atoms with E-state index in [4.69, 9.17) is 5.11 Å². The Hall–Kier alpha value is -1.77. The summed E-state index contributed by atoms with van der Waals surface area (Å²) in [5, 5.41) is 8.66. The quantitative estimate of drug-likeness (QED) is 0.846. The minimum Gasteiger partial charge on any atom is -0.478 e. The maximum atomic E-state index is 10.5. The van der Waals surface area contributed by atoms with Crippen LogP contribution in [0.2, 0.25) is 0 Å². The van der Waals surface area contributed by atoms with Gasteiger partial charge in [0.05, 0.1) is 0 Å². The molecule has 3 heteroatoms. The molecule has 3 nitrogen and oxygen atoms in total. The highest BCUT2D eigenvalue weighted by atomic mass is 16.4. The fraction of sp³-hybridized carbons (Fsp3) is 0.438. The van der Waals surface area contributed by atoms with Crippen LogP contribution in [0.15, 0.2) is 24.3 Å². The molecule has 1 saturated heterocycles. The van der Waals surface area contributed by atoms with Gasteiger partial charge in [-0.25, -0.2) is 4.79 Å². The number of carboxylic acids is 1. The zero-order valence-corrected chi connectivity index (χ0v) is 11.6. The first-order valence-electron chi connectivity index (χ1n) is 6.83. The summed E-state index contributed by atoms with van der Waals surface area (Å²) in [6.45, 7) is 6.55. The number of piperidine rings is 1. The van der Waals surface area contributed by atoms with Crippen LogP contribution in [0.5, 0.6) is 0 Å². The van der Waals surface area contributed by atoms with Crippen molar-refractivity contribution in [3.63, 3.8) is 0 Å². The van der Waals surface area contributed by atoms with E-state index in [-0.39, 0.29) is 0 Å². The van der Waals surface area contributed by atoms with E-state index in [9.17, 15) is 4.79 Å². The Bertz CT molecular complexity index is 494. The third kappa shape index (κ3) is 3.60. The first-order chi connectivity index (χ1) is 9.06. The van der Waals surface area contributed by atoms with E-state index in [2.05, 4.69) is 24.0 Å². The predicted molar refractivity (Wildman–Crippen MR) is 78.5 cm³/mol. The summed E-state index contributed by atoms with van der Waals surface area (Å²) in [7, 11) is 0. The summed E-state index contributed by atoms with van der Waals surface area (Å²) in [5.74, 6) is -0.158. The number of benzene rings is 1. The van der Waals surface area contributed by atoms with E-state index in [1.54, 1.807) is 6.08 Å². The lowest BCUT2D eigenvalue weighted by atomic mass is 9.99. The van der Waals surface area contributed by atoms with Crippen LogP contribution in [0.1, 0.15) is 30.9 Å². The van der Waals surface area contributed by atoms with Crippen molar-refractivity contribution in [2.75, 3.05) is 18.0 Å². The number of hydrogen-bond acceptors (Lipinski definition) is 2. The van der Waals surface area contributed by atoms with E-state index in [0.29, 0.717) is 0 Å². The average molecular weight is 259 g/mol. The van der Waals surface area contributed by atoms with Crippen LogP contribution < -0.4 is 4.90 Å². The predicted octanol–water partition coefficient (Wildman–Crippen LogP) is 3.33. The zero-order chi connectivity index (χ0) is 13.8. The number of aliphatic carboxylic acids is 1. The van der Waals surface area contributed by atoms with E-state index < -0.39 is 5.97 Å². The molecule has 0 aliphatic carbocycles. The van der Waals surface area contributed by atoms with Crippen molar-refractivity contribution in [3.05, 3.63) is 35.4 Å². The fourth-order valence-electron chi connectivity index (χ4n) is 2.63. The molecule has 102 valence electrons. The van der Waals surface area contributed by atoms with E-state index in [1.807, 2.05) is 13.0 Å². The first kappa shape index (κ1) is 13.7. The molecule has 1 aromatic carbocycles. The molecule has 0 spiro atoms. The second kappa shape index (κ2) is 5.91. The second-order valence-electron chi connectivity index (χ2n) is 5.41. The van der Waals surface area contributed by atoms with Gasteiger partial charge in [0.15, 0.2) is 0 Å². The summed E-state index contributed by atoms with van der Waals surface area (Å²) < 4.78 is 0. The van der Waals surface area contributed by atoms with E-state index in [0.717, 1.165) is 30.1 Å². The number of nitrogens with zero attached hydrogens (tertiary/aromatic N) is 1. The van der Waals surface area contributed by atoms with Gasteiger partial charge in [0.1, 0.15) is 0 Å². The Kier molecular flexibility index (Phi) is 4.25. The number of carbonyl (C=O) groups is 1. The molecular formula is C16H21NO2. The summed E-state index contributed by atoms with van der Waals surface area (Å²) in [6.07, 6.45) is 5.40. The minimum atomic E-state index is -0.909. The van der Waals surface area contributed by atoms with Gasteiger partial charge in [0.25, 0.3) is 0 Å². The molecule has 1 fully saturated rings. The Morgan fingerprint density at radius 3 is 2.89 bits per heavy atom. The van der Waals surface area contributed by atoms with Gasteiger partial charge in [-0.15, -0.1) is 0 Å². The molecule has 0 saturated carbocycles. The molecule has 1 aliphatic rings. The zero-order valence-electron chi connectivity index (χ0n) is 11.6. The molecule has 1 aliphatic heterocycles. The van der Waals surface area contributed by atoms with Crippen molar-refractivity contribution < 1.29 is 9.90 Å². The summed E-state index contributed by atoms with van der Waals surface area (Å²) >= 11 is 0. The third-order valence-corrected chi connectivity index (χ3v) is 3.68. The van der Waals surface area contributed by atoms with Gasteiger partial charge in [-0.1, -0.05) is 13.0 Å².